The Labute approximate surface area is 200 Å². The maximum atomic E-state index is 13.4. The van der Waals surface area contributed by atoms with Crippen LogP contribution >= 0.6 is 11.8 Å². The first-order valence-electron chi connectivity index (χ1n) is 10.7. The number of aromatic amines is 2. The number of aryl methyl sites for hydroxylation is 1. The summed E-state index contributed by atoms with van der Waals surface area (Å²) in [6.45, 7) is 4.40. The van der Waals surface area contributed by atoms with Crippen molar-refractivity contribution in [3.8, 4) is 16.9 Å². The lowest BCUT2D eigenvalue weighted by Gasteiger charge is -2.03. The van der Waals surface area contributed by atoms with Crippen molar-refractivity contribution in [2.75, 3.05) is 12.3 Å². The standard InChI is InChI=1S/C24H24N6O3S/c1-16-21(27-15-26-16)14-34-13-12-25-17(2)22-23(18-6-4-3-5-7-18)28-29(24(22)31)19-8-10-20(11-9-19)30(32)33/h3-11,15,28H,12-14H2,1-2H3,(H,26,27). The van der Waals surface area contributed by atoms with Gasteiger partial charge < -0.3 is 4.98 Å². The van der Waals surface area contributed by atoms with Gasteiger partial charge in [0.05, 0.1) is 33.9 Å². The molecule has 4 aromatic rings. The molecule has 2 aromatic heterocycles. The Morgan fingerprint density at radius 2 is 1.91 bits per heavy atom. The molecular weight excluding hydrogens is 452 g/mol. The number of imidazole rings is 1. The molecular formula is C24H24N6O3S. The normalized spacial score (nSPS) is 11.6. The molecule has 0 aliphatic heterocycles. The third-order valence-electron chi connectivity index (χ3n) is 5.39. The van der Waals surface area contributed by atoms with Crippen molar-refractivity contribution in [3.63, 3.8) is 0 Å². The fourth-order valence-corrected chi connectivity index (χ4v) is 4.40. The minimum absolute atomic E-state index is 0.0351. The van der Waals surface area contributed by atoms with Crippen LogP contribution in [0.5, 0.6) is 0 Å². The Morgan fingerprint density at radius 1 is 1.18 bits per heavy atom. The van der Waals surface area contributed by atoms with Crippen molar-refractivity contribution in [1.29, 1.82) is 0 Å². The van der Waals surface area contributed by atoms with Gasteiger partial charge in [-0.2, -0.15) is 11.8 Å². The molecule has 4 rings (SSSR count). The maximum absolute atomic E-state index is 13.4. The lowest BCUT2D eigenvalue weighted by atomic mass is 10.1. The molecule has 0 fully saturated rings. The summed E-state index contributed by atoms with van der Waals surface area (Å²) in [6, 6.07) is 15.4. The molecule has 2 aromatic carbocycles. The summed E-state index contributed by atoms with van der Waals surface area (Å²) < 4.78 is 1.40. The first-order chi connectivity index (χ1) is 16.5. The molecule has 2 N–H and O–H groups in total. The SMILES string of the molecule is CC(=NCCSCc1nc[nH]c1C)c1c(-c2ccccc2)[nH]n(-c2ccc([N+](=O)[O-])cc2)c1=O. The number of non-ortho nitro benzene ring substituents is 1. The third kappa shape index (κ3) is 5.01. The monoisotopic (exact) mass is 476 g/mol. The number of aliphatic imine (C=N–C) groups is 1. The van der Waals surface area contributed by atoms with Gasteiger partial charge in [0.25, 0.3) is 11.2 Å². The molecule has 0 aliphatic rings. The molecule has 0 saturated heterocycles. The van der Waals surface area contributed by atoms with Gasteiger partial charge in [0, 0.05) is 47.2 Å². The Balaban J connectivity index is 1.60. The molecule has 0 bridgehead atoms. The molecule has 0 saturated carbocycles. The number of H-pyrrole nitrogens is 2. The van der Waals surface area contributed by atoms with Crippen LogP contribution in [0.4, 0.5) is 5.69 Å². The third-order valence-corrected chi connectivity index (χ3v) is 6.34. The van der Waals surface area contributed by atoms with Gasteiger partial charge in [-0.1, -0.05) is 30.3 Å². The predicted molar refractivity (Wildman–Crippen MR) is 135 cm³/mol. The van der Waals surface area contributed by atoms with Crippen molar-refractivity contribution in [1.82, 2.24) is 19.7 Å². The van der Waals surface area contributed by atoms with Crippen LogP contribution < -0.4 is 5.56 Å². The second-order valence-electron chi connectivity index (χ2n) is 7.64. The van der Waals surface area contributed by atoms with E-state index in [9.17, 15) is 14.9 Å². The zero-order valence-corrected chi connectivity index (χ0v) is 19.6. The Bertz CT molecular complexity index is 1370. The van der Waals surface area contributed by atoms with Crippen molar-refractivity contribution >= 4 is 23.2 Å². The topological polar surface area (TPSA) is 122 Å². The molecule has 0 amide bonds. The zero-order chi connectivity index (χ0) is 24.1. The highest BCUT2D eigenvalue weighted by molar-refractivity contribution is 7.98. The fraction of sp³-hybridized carbons (Fsp3) is 0.208. The van der Waals surface area contributed by atoms with Crippen LogP contribution in [0.15, 0.2) is 70.7 Å². The molecule has 174 valence electrons. The van der Waals surface area contributed by atoms with Gasteiger partial charge in [-0.25, -0.2) is 9.67 Å². The summed E-state index contributed by atoms with van der Waals surface area (Å²) in [4.78, 5) is 36.0. The van der Waals surface area contributed by atoms with E-state index >= 15 is 0 Å². The second kappa shape index (κ2) is 10.3. The van der Waals surface area contributed by atoms with Crippen molar-refractivity contribution < 1.29 is 4.92 Å². The Kier molecular flexibility index (Phi) is 7.07. The summed E-state index contributed by atoms with van der Waals surface area (Å²) in [5.74, 6) is 1.60. The van der Waals surface area contributed by atoms with E-state index in [1.54, 1.807) is 30.2 Å². The lowest BCUT2D eigenvalue weighted by molar-refractivity contribution is -0.384. The minimum atomic E-state index is -0.468. The molecule has 0 radical (unpaired) electrons. The zero-order valence-electron chi connectivity index (χ0n) is 18.8. The van der Waals surface area contributed by atoms with E-state index in [1.807, 2.05) is 44.2 Å². The molecule has 2 heterocycles. The quantitative estimate of drug-likeness (QED) is 0.159. The number of nitro groups is 1. The first kappa shape index (κ1) is 23.2. The number of benzene rings is 2. The average molecular weight is 477 g/mol. The van der Waals surface area contributed by atoms with E-state index in [2.05, 4.69) is 20.1 Å². The van der Waals surface area contributed by atoms with Crippen LogP contribution in [-0.2, 0) is 5.75 Å². The largest absolute Gasteiger partial charge is 0.348 e. The van der Waals surface area contributed by atoms with Gasteiger partial charge >= 0.3 is 0 Å². The van der Waals surface area contributed by atoms with E-state index < -0.39 is 4.92 Å². The molecule has 0 spiro atoms. The summed E-state index contributed by atoms with van der Waals surface area (Å²) in [5, 5.41) is 14.2. The summed E-state index contributed by atoms with van der Waals surface area (Å²) in [6.07, 6.45) is 1.69. The summed E-state index contributed by atoms with van der Waals surface area (Å²) in [5.41, 5.74) is 4.96. The summed E-state index contributed by atoms with van der Waals surface area (Å²) >= 11 is 1.74. The molecule has 9 nitrogen and oxygen atoms in total. The van der Waals surface area contributed by atoms with E-state index in [0.29, 0.717) is 29.2 Å². The molecule has 0 atom stereocenters. The van der Waals surface area contributed by atoms with Gasteiger partial charge in [-0.05, 0) is 26.0 Å². The predicted octanol–water partition coefficient (Wildman–Crippen LogP) is 4.51. The van der Waals surface area contributed by atoms with Crippen LogP contribution in [0.2, 0.25) is 0 Å². The van der Waals surface area contributed by atoms with Crippen LogP contribution in [0.25, 0.3) is 16.9 Å². The number of aromatic nitrogens is 4. The molecule has 0 unspecified atom stereocenters. The number of hydrogen-bond acceptors (Lipinski definition) is 6. The number of thioether (sulfide) groups is 1. The van der Waals surface area contributed by atoms with Gasteiger partial charge in [0.15, 0.2) is 0 Å². The summed E-state index contributed by atoms with van der Waals surface area (Å²) in [7, 11) is 0. The van der Waals surface area contributed by atoms with Gasteiger partial charge in [-0.3, -0.25) is 25.0 Å². The van der Waals surface area contributed by atoms with Crippen molar-refractivity contribution in [3.05, 3.63) is 98.3 Å². The van der Waals surface area contributed by atoms with Crippen LogP contribution in [-0.4, -0.2) is 42.7 Å². The molecule has 0 aliphatic carbocycles. The van der Waals surface area contributed by atoms with E-state index in [-0.39, 0.29) is 11.2 Å². The number of nitrogens with one attached hydrogen (secondary N) is 2. The van der Waals surface area contributed by atoms with Crippen molar-refractivity contribution in [2.45, 2.75) is 19.6 Å². The maximum Gasteiger partial charge on any atom is 0.280 e. The van der Waals surface area contributed by atoms with Crippen LogP contribution in [0.3, 0.4) is 0 Å². The first-order valence-corrected chi connectivity index (χ1v) is 11.8. The minimum Gasteiger partial charge on any atom is -0.348 e. The highest BCUT2D eigenvalue weighted by atomic mass is 32.2. The second-order valence-corrected chi connectivity index (χ2v) is 8.74. The number of nitrogens with zero attached hydrogens (tertiary/aromatic N) is 4. The van der Waals surface area contributed by atoms with Gasteiger partial charge in [-0.15, -0.1) is 0 Å². The number of rotatable bonds is 9. The smallest absolute Gasteiger partial charge is 0.280 e. The van der Waals surface area contributed by atoms with Crippen molar-refractivity contribution in [2.24, 2.45) is 4.99 Å². The van der Waals surface area contributed by atoms with E-state index in [4.69, 9.17) is 0 Å². The van der Waals surface area contributed by atoms with Crippen LogP contribution in [0.1, 0.15) is 23.9 Å². The average Bonchev–Trinajstić information content (AvgIpc) is 3.42. The highest BCUT2D eigenvalue weighted by Crippen LogP contribution is 2.22. The molecule has 10 heteroatoms. The highest BCUT2D eigenvalue weighted by Gasteiger charge is 2.19. The van der Waals surface area contributed by atoms with Gasteiger partial charge in [0.1, 0.15) is 0 Å². The Hall–Kier alpha value is -3.92. The Morgan fingerprint density at radius 3 is 2.56 bits per heavy atom. The van der Waals surface area contributed by atoms with Gasteiger partial charge in [0.2, 0.25) is 0 Å². The lowest BCUT2D eigenvalue weighted by Crippen LogP contribution is -2.20. The van der Waals surface area contributed by atoms with E-state index in [1.165, 1.54) is 16.8 Å². The fourth-order valence-electron chi connectivity index (χ4n) is 3.55. The van der Waals surface area contributed by atoms with Crippen LogP contribution in [0, 0.1) is 17.0 Å². The molecule has 34 heavy (non-hydrogen) atoms. The number of hydrogen-bond donors (Lipinski definition) is 2. The van der Waals surface area contributed by atoms with E-state index in [0.717, 1.165) is 28.5 Å². The number of nitro benzene ring substituents is 1.